The number of hydrogen-bond acceptors (Lipinski definition) is 4. The largest absolute Gasteiger partial charge is 0.353 e. The lowest BCUT2D eigenvalue weighted by molar-refractivity contribution is -0.122. The molecule has 0 saturated heterocycles. The van der Waals surface area contributed by atoms with Crippen molar-refractivity contribution in [3.63, 3.8) is 0 Å². The normalized spacial score (nSPS) is 18.0. The van der Waals surface area contributed by atoms with Crippen LogP contribution in [-0.2, 0) is 4.79 Å². The fourth-order valence-corrected chi connectivity index (χ4v) is 3.49. The Hall–Kier alpha value is 0.320. The highest BCUT2D eigenvalue weighted by Crippen LogP contribution is 2.28. The molecule has 0 aliphatic heterocycles. The molecule has 2 atom stereocenters. The molecule has 4 nitrogen and oxygen atoms in total. The highest BCUT2D eigenvalue weighted by atomic mass is 35.5. The molecule has 134 valence electrons. The van der Waals surface area contributed by atoms with E-state index in [4.69, 9.17) is 5.73 Å². The summed E-state index contributed by atoms with van der Waals surface area (Å²) < 4.78 is 0. The number of rotatable bonds is 8. The minimum absolute atomic E-state index is 0. The maximum Gasteiger partial charge on any atom is 0.237 e. The number of nitrogens with zero attached hydrogens (tertiary/aromatic N) is 1. The molecular formula is C15H33Cl2N3OS. The molecule has 1 aliphatic carbocycles. The van der Waals surface area contributed by atoms with E-state index >= 15 is 0 Å². The van der Waals surface area contributed by atoms with Crippen LogP contribution in [-0.4, -0.2) is 55.5 Å². The summed E-state index contributed by atoms with van der Waals surface area (Å²) >= 11 is 1.73. The lowest BCUT2D eigenvalue weighted by Gasteiger charge is -2.35. The van der Waals surface area contributed by atoms with Crippen molar-refractivity contribution in [1.29, 1.82) is 0 Å². The number of halogens is 2. The molecule has 1 fully saturated rings. The van der Waals surface area contributed by atoms with Crippen LogP contribution in [0.2, 0.25) is 0 Å². The van der Waals surface area contributed by atoms with Gasteiger partial charge in [0.2, 0.25) is 5.91 Å². The molecule has 0 aromatic carbocycles. The molecule has 0 radical (unpaired) electrons. The van der Waals surface area contributed by atoms with Gasteiger partial charge in [-0.05, 0) is 51.3 Å². The molecule has 0 heterocycles. The van der Waals surface area contributed by atoms with E-state index in [0.29, 0.717) is 12.0 Å². The van der Waals surface area contributed by atoms with Crippen molar-refractivity contribution in [3.05, 3.63) is 0 Å². The lowest BCUT2D eigenvalue weighted by atomic mass is 9.83. The van der Waals surface area contributed by atoms with Gasteiger partial charge in [-0.2, -0.15) is 11.8 Å². The van der Waals surface area contributed by atoms with Gasteiger partial charge in [0.1, 0.15) is 0 Å². The molecule has 0 aromatic heterocycles. The van der Waals surface area contributed by atoms with Crippen LogP contribution in [0.5, 0.6) is 0 Å². The van der Waals surface area contributed by atoms with Crippen molar-refractivity contribution in [2.24, 2.45) is 11.7 Å². The Kier molecular flexibility index (Phi) is 15.3. The molecule has 0 spiro atoms. The summed E-state index contributed by atoms with van der Waals surface area (Å²) in [6.45, 7) is 0.726. The summed E-state index contributed by atoms with van der Waals surface area (Å²) in [6, 6.07) is 0.0728. The second-order valence-electron chi connectivity index (χ2n) is 6.06. The van der Waals surface area contributed by atoms with Crippen molar-refractivity contribution in [1.82, 2.24) is 10.2 Å². The average molecular weight is 374 g/mol. The molecule has 22 heavy (non-hydrogen) atoms. The van der Waals surface area contributed by atoms with Crippen LogP contribution in [0.4, 0.5) is 0 Å². The third kappa shape index (κ3) is 8.82. The van der Waals surface area contributed by atoms with E-state index in [2.05, 4.69) is 24.3 Å². The molecule has 0 aromatic rings. The molecule has 7 heteroatoms. The predicted molar refractivity (Wildman–Crippen MR) is 103 cm³/mol. The van der Waals surface area contributed by atoms with E-state index in [1.54, 1.807) is 11.8 Å². The maximum absolute atomic E-state index is 12.0. The molecule has 1 amide bonds. The first-order valence-corrected chi connectivity index (χ1v) is 9.14. The van der Waals surface area contributed by atoms with Gasteiger partial charge in [0.25, 0.3) is 0 Å². The van der Waals surface area contributed by atoms with Crippen LogP contribution in [0.1, 0.15) is 38.5 Å². The van der Waals surface area contributed by atoms with Crippen LogP contribution in [0.3, 0.4) is 0 Å². The minimum Gasteiger partial charge on any atom is -0.353 e. The van der Waals surface area contributed by atoms with Crippen LogP contribution in [0.15, 0.2) is 0 Å². The van der Waals surface area contributed by atoms with Gasteiger partial charge in [0, 0.05) is 12.6 Å². The van der Waals surface area contributed by atoms with Gasteiger partial charge in [-0.15, -0.1) is 24.8 Å². The summed E-state index contributed by atoms with van der Waals surface area (Å²) in [5, 5.41) is 3.06. The minimum atomic E-state index is -0.364. The smallest absolute Gasteiger partial charge is 0.237 e. The number of thioether (sulfide) groups is 1. The van der Waals surface area contributed by atoms with Crippen molar-refractivity contribution >= 4 is 42.5 Å². The van der Waals surface area contributed by atoms with Crippen LogP contribution in [0, 0.1) is 5.92 Å². The van der Waals surface area contributed by atoms with Crippen LogP contribution >= 0.6 is 36.6 Å². The second-order valence-corrected chi connectivity index (χ2v) is 7.05. The molecule has 1 rings (SSSR count). The number of hydrogen-bond donors (Lipinski definition) is 2. The van der Waals surface area contributed by atoms with Gasteiger partial charge in [0.15, 0.2) is 0 Å². The number of likely N-dealkylation sites (N-methyl/N-ethyl adjacent to an activating group) is 1. The number of nitrogens with two attached hydrogens (primary N) is 1. The van der Waals surface area contributed by atoms with Gasteiger partial charge >= 0.3 is 0 Å². The molecular weight excluding hydrogens is 341 g/mol. The first kappa shape index (κ1) is 24.6. The summed E-state index contributed by atoms with van der Waals surface area (Å²) in [5.41, 5.74) is 5.91. The molecule has 0 bridgehead atoms. The summed E-state index contributed by atoms with van der Waals surface area (Å²) in [6.07, 6.45) is 9.39. The predicted octanol–water partition coefficient (Wildman–Crippen LogP) is 2.54. The topological polar surface area (TPSA) is 58.4 Å². The van der Waals surface area contributed by atoms with Gasteiger partial charge in [-0.3, -0.25) is 4.79 Å². The average Bonchev–Trinajstić information content (AvgIpc) is 2.45. The van der Waals surface area contributed by atoms with E-state index in [-0.39, 0.29) is 36.8 Å². The monoisotopic (exact) mass is 373 g/mol. The number of amides is 1. The van der Waals surface area contributed by atoms with Gasteiger partial charge in [0.05, 0.1) is 6.04 Å². The van der Waals surface area contributed by atoms with E-state index < -0.39 is 0 Å². The first-order valence-electron chi connectivity index (χ1n) is 7.75. The van der Waals surface area contributed by atoms with Crippen molar-refractivity contribution < 1.29 is 4.79 Å². The Balaban J connectivity index is 0. The summed E-state index contributed by atoms with van der Waals surface area (Å²) in [5.74, 6) is 1.65. The zero-order valence-electron chi connectivity index (χ0n) is 14.0. The van der Waals surface area contributed by atoms with E-state index in [9.17, 15) is 4.79 Å². The van der Waals surface area contributed by atoms with Crippen molar-refractivity contribution in [3.8, 4) is 0 Å². The second kappa shape index (κ2) is 13.7. The lowest BCUT2D eigenvalue weighted by Crippen LogP contribution is -2.49. The van der Waals surface area contributed by atoms with Crippen molar-refractivity contribution in [2.75, 3.05) is 32.6 Å². The van der Waals surface area contributed by atoms with E-state index in [1.165, 1.54) is 32.1 Å². The van der Waals surface area contributed by atoms with Gasteiger partial charge in [-0.25, -0.2) is 0 Å². The fourth-order valence-electron chi connectivity index (χ4n) is 3.00. The standard InChI is InChI=1S/C15H31N3OS.2ClH/c1-18(2)14(12-7-5-4-6-8-12)11-17-15(19)13(16)9-10-20-3;;/h12-14H,4-11,16H2,1-3H3,(H,17,19);2*1H/t13-,14?;;/m0../s1. The van der Waals surface area contributed by atoms with Gasteiger partial charge < -0.3 is 16.0 Å². The Morgan fingerprint density at radius 1 is 1.27 bits per heavy atom. The molecule has 1 saturated carbocycles. The Morgan fingerprint density at radius 3 is 2.36 bits per heavy atom. The fraction of sp³-hybridized carbons (Fsp3) is 0.933. The number of carbonyl (C=O) groups excluding carboxylic acids is 1. The SMILES string of the molecule is CSCC[C@H](N)C(=O)NCC(C1CCCCC1)N(C)C.Cl.Cl. The third-order valence-electron chi connectivity index (χ3n) is 4.31. The highest BCUT2D eigenvalue weighted by molar-refractivity contribution is 7.98. The van der Waals surface area contributed by atoms with Crippen molar-refractivity contribution in [2.45, 2.75) is 50.6 Å². The quantitative estimate of drug-likeness (QED) is 0.686. The Morgan fingerprint density at radius 2 is 1.86 bits per heavy atom. The van der Waals surface area contributed by atoms with Gasteiger partial charge in [-0.1, -0.05) is 19.3 Å². The molecule has 1 aliphatic rings. The van der Waals surface area contributed by atoms with Crippen LogP contribution < -0.4 is 11.1 Å². The Bertz CT molecular complexity index is 290. The molecule has 1 unspecified atom stereocenters. The van der Waals surface area contributed by atoms with E-state index in [0.717, 1.165) is 18.7 Å². The first-order chi connectivity index (χ1) is 9.56. The summed E-state index contributed by atoms with van der Waals surface area (Å²) in [7, 11) is 4.22. The Labute approximate surface area is 152 Å². The van der Waals surface area contributed by atoms with Crippen LogP contribution in [0.25, 0.3) is 0 Å². The maximum atomic E-state index is 12.0. The zero-order chi connectivity index (χ0) is 15.0. The van der Waals surface area contributed by atoms with E-state index in [1.807, 2.05) is 6.26 Å². The zero-order valence-corrected chi connectivity index (χ0v) is 16.5. The third-order valence-corrected chi connectivity index (χ3v) is 4.96. The number of nitrogens with one attached hydrogen (secondary N) is 1. The number of carbonyl (C=O) groups is 1. The highest BCUT2D eigenvalue weighted by Gasteiger charge is 2.26. The molecule has 3 N–H and O–H groups in total. The summed E-state index contributed by atoms with van der Waals surface area (Å²) in [4.78, 5) is 14.2.